The fourth-order valence-corrected chi connectivity index (χ4v) is 3.71. The van der Waals surface area contributed by atoms with Crippen LogP contribution >= 0.6 is 0 Å². The van der Waals surface area contributed by atoms with Crippen LogP contribution < -0.4 is 9.47 Å². The molecular weight excluding hydrogens is 644 g/mol. The van der Waals surface area contributed by atoms with Gasteiger partial charge >= 0.3 is 11.6 Å². The van der Waals surface area contributed by atoms with Crippen molar-refractivity contribution in [1.82, 2.24) is 0 Å². The summed E-state index contributed by atoms with van der Waals surface area (Å²) >= 11 is 0. The molecule has 2 atom stereocenters. The molecule has 3 aromatic carbocycles. The van der Waals surface area contributed by atoms with Crippen LogP contribution in [-0.4, -0.2) is 17.5 Å². The van der Waals surface area contributed by atoms with Crippen molar-refractivity contribution in [3.8, 4) is 11.5 Å². The van der Waals surface area contributed by atoms with Gasteiger partial charge in [-0.2, -0.15) is 30.7 Å². The van der Waals surface area contributed by atoms with Crippen molar-refractivity contribution in [2.45, 2.75) is 11.6 Å². The first-order chi connectivity index (χ1) is 20.6. The summed E-state index contributed by atoms with van der Waals surface area (Å²) < 4.78 is 214. The van der Waals surface area contributed by atoms with Crippen molar-refractivity contribution < 1.29 is 80.5 Å². The summed E-state index contributed by atoms with van der Waals surface area (Å²) in [5.41, 5.74) is -0.205. The molecule has 1 heterocycles. The third-order valence-corrected chi connectivity index (χ3v) is 5.85. The van der Waals surface area contributed by atoms with E-state index < -0.39 is 110 Å². The molecule has 1 spiro atoms. The third kappa shape index (κ3) is 4.20. The molecule has 19 heteroatoms. The van der Waals surface area contributed by atoms with Gasteiger partial charge in [0.15, 0.2) is 0 Å². The van der Waals surface area contributed by atoms with Gasteiger partial charge in [-0.15, -0.1) is 0 Å². The highest BCUT2D eigenvalue weighted by molar-refractivity contribution is 5.95. The topological polar surface area (TPSA) is 49.3 Å². The molecule has 232 valence electrons. The molecule has 0 saturated carbocycles. The number of halogens is 14. The molecule has 0 radical (unpaired) electrons. The molecule has 0 fully saturated rings. The highest BCUT2D eigenvalue weighted by Gasteiger charge is 2.67. The zero-order chi connectivity index (χ0) is 32.5. The van der Waals surface area contributed by atoms with Gasteiger partial charge in [-0.05, 0) is 17.3 Å². The molecule has 3 aromatic rings. The first kappa shape index (κ1) is 30.5. The van der Waals surface area contributed by atoms with Crippen LogP contribution in [0.1, 0.15) is 5.56 Å². The van der Waals surface area contributed by atoms with E-state index in [2.05, 4.69) is 19.5 Å². The van der Waals surface area contributed by atoms with E-state index >= 15 is 17.6 Å². The quantitative estimate of drug-likeness (QED) is 0.162. The lowest BCUT2D eigenvalue weighted by atomic mass is 9.99. The fraction of sp³-hybridized carbons (Fsp3) is 0.0800. The van der Waals surface area contributed by atoms with Gasteiger partial charge in [-0.25, -0.2) is 30.7 Å². The minimum atomic E-state index is -5.49. The van der Waals surface area contributed by atoms with E-state index in [1.54, 1.807) is 0 Å². The number of benzene rings is 3. The molecule has 0 N–H and O–H groups in total. The number of alkyl halides is 1. The summed E-state index contributed by atoms with van der Waals surface area (Å²) in [5.74, 6) is -56.6. The Morgan fingerprint density at radius 2 is 1.00 bits per heavy atom. The number of oxime groups is 1. The summed E-state index contributed by atoms with van der Waals surface area (Å²) in [4.78, 5) is 4.52. The SMILES string of the molecule is FC1=C(F)C2(ON=C(c3ccccc3)O2)C(Oc2c(F)c(F)c(F)c(F)c2F)=C(F)C1(F)Oc1c(F)c(F)c(F)c(F)c1F. The van der Waals surface area contributed by atoms with Gasteiger partial charge < -0.3 is 19.0 Å². The number of ether oxygens (including phenoxy) is 3. The van der Waals surface area contributed by atoms with Crippen LogP contribution in [0.15, 0.2) is 58.7 Å². The van der Waals surface area contributed by atoms with Gasteiger partial charge in [0.05, 0.1) is 0 Å². The van der Waals surface area contributed by atoms with Crippen molar-refractivity contribution in [2.75, 3.05) is 0 Å². The zero-order valence-corrected chi connectivity index (χ0v) is 20.3. The average molecular weight is 649 g/mol. The third-order valence-electron chi connectivity index (χ3n) is 5.85. The van der Waals surface area contributed by atoms with Crippen LogP contribution in [0.25, 0.3) is 0 Å². The van der Waals surface area contributed by atoms with Crippen LogP contribution in [0, 0.1) is 58.2 Å². The lowest BCUT2D eigenvalue weighted by molar-refractivity contribution is -0.156. The summed E-state index contributed by atoms with van der Waals surface area (Å²) in [6.45, 7) is 0. The van der Waals surface area contributed by atoms with Crippen LogP contribution in [0.4, 0.5) is 61.5 Å². The lowest BCUT2D eigenvalue weighted by Gasteiger charge is -2.35. The highest BCUT2D eigenvalue weighted by Crippen LogP contribution is 2.53. The number of rotatable bonds is 5. The van der Waals surface area contributed by atoms with Crippen molar-refractivity contribution in [3.05, 3.63) is 117 Å². The molecule has 2 aliphatic rings. The Hall–Kier alpha value is -4.97. The number of hydrogen-bond donors (Lipinski definition) is 0. The Balaban J connectivity index is 1.74. The molecule has 0 bridgehead atoms. The molecule has 5 nitrogen and oxygen atoms in total. The van der Waals surface area contributed by atoms with Crippen molar-refractivity contribution in [2.24, 2.45) is 5.16 Å². The highest BCUT2D eigenvalue weighted by atomic mass is 19.2. The smallest absolute Gasteiger partial charge is 0.395 e. The van der Waals surface area contributed by atoms with E-state index in [1.165, 1.54) is 18.2 Å². The van der Waals surface area contributed by atoms with Gasteiger partial charge in [0.1, 0.15) is 0 Å². The maximum atomic E-state index is 15.8. The van der Waals surface area contributed by atoms with E-state index in [9.17, 15) is 43.9 Å². The molecule has 5 rings (SSSR count). The lowest BCUT2D eigenvalue weighted by Crippen LogP contribution is -2.49. The minimum absolute atomic E-state index is 0.205. The first-order valence-corrected chi connectivity index (χ1v) is 11.1. The Morgan fingerprint density at radius 3 is 1.50 bits per heavy atom. The van der Waals surface area contributed by atoms with Crippen LogP contribution in [0.2, 0.25) is 0 Å². The Morgan fingerprint density at radius 1 is 0.545 bits per heavy atom. The largest absolute Gasteiger partial charge is 0.443 e. The molecule has 44 heavy (non-hydrogen) atoms. The van der Waals surface area contributed by atoms with E-state index in [1.807, 2.05) is 0 Å². The minimum Gasteiger partial charge on any atom is -0.443 e. The molecule has 0 amide bonds. The van der Waals surface area contributed by atoms with Crippen molar-refractivity contribution >= 4 is 5.90 Å². The van der Waals surface area contributed by atoms with Crippen LogP contribution in [0.5, 0.6) is 11.5 Å². The van der Waals surface area contributed by atoms with Crippen LogP contribution in [0.3, 0.4) is 0 Å². The average Bonchev–Trinajstić information content (AvgIpc) is 3.48. The van der Waals surface area contributed by atoms with Gasteiger partial charge in [-0.1, -0.05) is 18.2 Å². The van der Waals surface area contributed by atoms with Crippen molar-refractivity contribution in [1.29, 1.82) is 0 Å². The molecule has 0 saturated heterocycles. The second-order valence-corrected chi connectivity index (χ2v) is 8.44. The van der Waals surface area contributed by atoms with Gasteiger partial charge in [0.25, 0.3) is 5.90 Å². The maximum absolute atomic E-state index is 15.8. The monoisotopic (exact) mass is 649 g/mol. The second-order valence-electron chi connectivity index (χ2n) is 8.44. The van der Waals surface area contributed by atoms with Gasteiger partial charge in [-0.3, -0.25) is 0 Å². The summed E-state index contributed by atoms with van der Waals surface area (Å²) in [6.07, 6.45) is 0. The van der Waals surface area contributed by atoms with Crippen molar-refractivity contribution in [3.63, 3.8) is 0 Å². The van der Waals surface area contributed by atoms with E-state index in [-0.39, 0.29) is 5.56 Å². The molecule has 0 aromatic heterocycles. The predicted molar refractivity (Wildman–Crippen MR) is 113 cm³/mol. The summed E-state index contributed by atoms with van der Waals surface area (Å²) in [7, 11) is 0. The molecule has 1 aliphatic heterocycles. The van der Waals surface area contributed by atoms with Crippen LogP contribution in [-0.2, 0) is 9.57 Å². The molecular formula is C25H5F14NO4. The fourth-order valence-electron chi connectivity index (χ4n) is 3.71. The second kappa shape index (κ2) is 10.3. The number of nitrogens with zero attached hydrogens (tertiary/aromatic N) is 1. The summed E-state index contributed by atoms with van der Waals surface area (Å²) in [6, 6.07) is 6.25. The van der Waals surface area contributed by atoms with E-state index in [0.29, 0.717) is 0 Å². The van der Waals surface area contributed by atoms with E-state index in [4.69, 9.17) is 4.74 Å². The zero-order valence-electron chi connectivity index (χ0n) is 20.3. The Labute approximate surface area is 232 Å². The summed E-state index contributed by atoms with van der Waals surface area (Å²) in [5, 5.41) is 3.13. The Bertz CT molecular complexity index is 1770. The molecule has 2 unspecified atom stereocenters. The van der Waals surface area contributed by atoms with Gasteiger partial charge in [0, 0.05) is 5.56 Å². The molecule has 1 aliphatic carbocycles. The maximum Gasteiger partial charge on any atom is 0.395 e. The standard InChI is InChI=1S/C25H5F14NO4/c26-7-9(28)13(32)17(14(33)10(7)29)41-22-21(38)24(39,42-18-15(34)11(30)8(27)12(31)16(18)35)19(36)20(37)25(22)43-23(40-44-25)6-4-2-1-3-5-6/h1-5H. The Kier molecular flexibility index (Phi) is 7.16. The number of hydrogen-bond acceptors (Lipinski definition) is 5. The first-order valence-electron chi connectivity index (χ1n) is 11.1. The van der Waals surface area contributed by atoms with E-state index in [0.717, 1.165) is 12.1 Å². The predicted octanol–water partition coefficient (Wildman–Crippen LogP) is 7.65. The normalized spacial score (nSPS) is 21.5. The van der Waals surface area contributed by atoms with Gasteiger partial charge in [0.2, 0.25) is 92.9 Å².